The van der Waals surface area contributed by atoms with Crippen molar-refractivity contribution in [3.05, 3.63) is 0 Å². The summed E-state index contributed by atoms with van der Waals surface area (Å²) in [6, 6.07) is -0.468. The molecule has 0 aromatic carbocycles. The van der Waals surface area contributed by atoms with E-state index in [9.17, 15) is 9.59 Å². The van der Waals surface area contributed by atoms with Crippen LogP contribution in [-0.2, 0) is 9.59 Å². The van der Waals surface area contributed by atoms with Gasteiger partial charge in [0.2, 0.25) is 11.8 Å². The minimum Gasteiger partial charge on any atom is -0.320 e. The summed E-state index contributed by atoms with van der Waals surface area (Å²) in [6.07, 6.45) is 7.90. The van der Waals surface area contributed by atoms with Gasteiger partial charge in [-0.25, -0.2) is 0 Å². The molecule has 2 rings (SSSR count). The Balaban J connectivity index is 2.03. The Labute approximate surface area is 103 Å². The third kappa shape index (κ3) is 2.86. The van der Waals surface area contributed by atoms with Gasteiger partial charge in [0.15, 0.2) is 0 Å². The number of rotatable bonds is 1. The standard InChI is InChI=1S/C13H22N2O2/c14-11-8-4-5-9-15(13(11)17)12(16)10-6-2-1-3-7-10/h10-11H,1-9,14H2/t11-/m1/s1. The van der Waals surface area contributed by atoms with E-state index in [0.717, 1.165) is 38.5 Å². The Morgan fingerprint density at radius 2 is 1.71 bits per heavy atom. The van der Waals surface area contributed by atoms with Gasteiger partial charge in [-0.05, 0) is 32.1 Å². The highest BCUT2D eigenvalue weighted by Gasteiger charge is 2.33. The van der Waals surface area contributed by atoms with Crippen molar-refractivity contribution in [3.63, 3.8) is 0 Å². The number of hydrogen-bond acceptors (Lipinski definition) is 3. The summed E-state index contributed by atoms with van der Waals surface area (Å²) in [5.74, 6) is -0.0527. The number of imide groups is 1. The van der Waals surface area contributed by atoms with Crippen molar-refractivity contribution in [2.24, 2.45) is 11.7 Å². The summed E-state index contributed by atoms with van der Waals surface area (Å²) in [4.78, 5) is 25.8. The van der Waals surface area contributed by atoms with Crippen molar-refractivity contribution >= 4 is 11.8 Å². The molecule has 1 saturated carbocycles. The molecule has 17 heavy (non-hydrogen) atoms. The molecule has 0 spiro atoms. The van der Waals surface area contributed by atoms with Crippen molar-refractivity contribution in [3.8, 4) is 0 Å². The van der Waals surface area contributed by atoms with Crippen LogP contribution < -0.4 is 5.73 Å². The highest BCUT2D eigenvalue weighted by atomic mass is 16.2. The maximum absolute atomic E-state index is 12.3. The van der Waals surface area contributed by atoms with Crippen LogP contribution in [0, 0.1) is 5.92 Å². The molecule has 2 amide bonds. The molecule has 0 aromatic rings. The Hall–Kier alpha value is -0.900. The first-order chi connectivity index (χ1) is 8.20. The Bertz CT molecular complexity index is 298. The largest absolute Gasteiger partial charge is 0.320 e. The summed E-state index contributed by atoms with van der Waals surface area (Å²) in [7, 11) is 0. The van der Waals surface area contributed by atoms with Gasteiger partial charge in [0.25, 0.3) is 0 Å². The Morgan fingerprint density at radius 1 is 1.06 bits per heavy atom. The first-order valence-corrected chi connectivity index (χ1v) is 6.81. The molecule has 1 aliphatic carbocycles. The zero-order chi connectivity index (χ0) is 12.3. The summed E-state index contributed by atoms with van der Waals surface area (Å²) in [5, 5.41) is 0. The highest BCUT2D eigenvalue weighted by molar-refractivity contribution is 5.98. The second kappa shape index (κ2) is 5.63. The van der Waals surface area contributed by atoms with Gasteiger partial charge in [-0.15, -0.1) is 0 Å². The average Bonchev–Trinajstić information content (AvgIpc) is 2.53. The smallest absolute Gasteiger partial charge is 0.246 e. The molecule has 0 unspecified atom stereocenters. The lowest BCUT2D eigenvalue weighted by atomic mass is 9.88. The van der Waals surface area contributed by atoms with E-state index < -0.39 is 6.04 Å². The maximum Gasteiger partial charge on any atom is 0.246 e. The molecule has 0 aromatic heterocycles. The van der Waals surface area contributed by atoms with Gasteiger partial charge in [0.05, 0.1) is 6.04 Å². The molecular formula is C13H22N2O2. The number of amides is 2. The van der Waals surface area contributed by atoms with Gasteiger partial charge in [-0.1, -0.05) is 19.3 Å². The predicted molar refractivity (Wildman–Crippen MR) is 65.1 cm³/mol. The summed E-state index contributed by atoms with van der Waals surface area (Å²) < 4.78 is 0. The molecule has 1 atom stereocenters. The summed E-state index contributed by atoms with van der Waals surface area (Å²) in [5.41, 5.74) is 5.79. The number of nitrogens with two attached hydrogens (primary N) is 1. The quantitative estimate of drug-likeness (QED) is 0.703. The van der Waals surface area contributed by atoms with E-state index >= 15 is 0 Å². The number of carbonyl (C=O) groups excluding carboxylic acids is 2. The summed E-state index contributed by atoms with van der Waals surface area (Å²) in [6.45, 7) is 0.571. The van der Waals surface area contributed by atoms with Crippen LogP contribution in [-0.4, -0.2) is 29.3 Å². The molecule has 1 heterocycles. The molecule has 2 N–H and O–H groups in total. The fourth-order valence-corrected chi connectivity index (χ4v) is 2.86. The minimum absolute atomic E-state index is 0.0343. The first kappa shape index (κ1) is 12.6. The van der Waals surface area contributed by atoms with Gasteiger partial charge in [-0.3, -0.25) is 14.5 Å². The van der Waals surface area contributed by atoms with Gasteiger partial charge in [0, 0.05) is 12.5 Å². The van der Waals surface area contributed by atoms with Gasteiger partial charge >= 0.3 is 0 Å². The molecule has 0 bridgehead atoms. The topological polar surface area (TPSA) is 63.4 Å². The summed E-state index contributed by atoms with van der Waals surface area (Å²) >= 11 is 0. The predicted octanol–water partition coefficient (Wildman–Crippen LogP) is 1.43. The van der Waals surface area contributed by atoms with Gasteiger partial charge in [-0.2, -0.15) is 0 Å². The molecule has 2 aliphatic rings. The average molecular weight is 238 g/mol. The molecule has 0 radical (unpaired) electrons. The van der Waals surface area contributed by atoms with Crippen LogP contribution in [0.15, 0.2) is 0 Å². The van der Waals surface area contributed by atoms with E-state index in [1.807, 2.05) is 0 Å². The number of carbonyl (C=O) groups is 2. The number of hydrogen-bond donors (Lipinski definition) is 1. The number of likely N-dealkylation sites (tertiary alicyclic amines) is 1. The van der Waals surface area contributed by atoms with Crippen molar-refractivity contribution in [2.75, 3.05) is 6.54 Å². The van der Waals surface area contributed by atoms with Gasteiger partial charge in [0.1, 0.15) is 0 Å². The molecule has 4 heteroatoms. The van der Waals surface area contributed by atoms with Crippen molar-refractivity contribution in [1.82, 2.24) is 4.90 Å². The first-order valence-electron chi connectivity index (χ1n) is 6.81. The fourth-order valence-electron chi connectivity index (χ4n) is 2.86. The Morgan fingerprint density at radius 3 is 2.41 bits per heavy atom. The van der Waals surface area contributed by atoms with E-state index in [0.29, 0.717) is 13.0 Å². The Kier molecular flexibility index (Phi) is 4.15. The van der Waals surface area contributed by atoms with E-state index in [-0.39, 0.29) is 17.7 Å². The van der Waals surface area contributed by atoms with E-state index in [1.54, 1.807) is 0 Å². The van der Waals surface area contributed by atoms with Crippen molar-refractivity contribution < 1.29 is 9.59 Å². The molecule has 4 nitrogen and oxygen atoms in total. The number of nitrogens with zero attached hydrogens (tertiary/aromatic N) is 1. The van der Waals surface area contributed by atoms with Crippen LogP contribution in [0.5, 0.6) is 0 Å². The van der Waals surface area contributed by atoms with Crippen LogP contribution in [0.2, 0.25) is 0 Å². The zero-order valence-electron chi connectivity index (χ0n) is 10.4. The molecule has 1 saturated heterocycles. The molecule has 96 valence electrons. The lowest BCUT2D eigenvalue weighted by Gasteiger charge is -2.28. The highest BCUT2D eigenvalue weighted by Crippen LogP contribution is 2.26. The van der Waals surface area contributed by atoms with Crippen LogP contribution in [0.4, 0.5) is 0 Å². The molecule has 2 fully saturated rings. The monoisotopic (exact) mass is 238 g/mol. The third-order valence-electron chi connectivity index (χ3n) is 3.95. The van der Waals surface area contributed by atoms with E-state index in [2.05, 4.69) is 0 Å². The van der Waals surface area contributed by atoms with Gasteiger partial charge < -0.3 is 5.73 Å². The SMILES string of the molecule is N[C@@H]1CCCCN(C(=O)C2CCCCC2)C1=O. The second-order valence-corrected chi connectivity index (χ2v) is 5.27. The van der Waals surface area contributed by atoms with Crippen molar-refractivity contribution in [1.29, 1.82) is 0 Å². The lowest BCUT2D eigenvalue weighted by Crippen LogP contribution is -2.47. The normalized spacial score (nSPS) is 27.9. The second-order valence-electron chi connectivity index (χ2n) is 5.27. The maximum atomic E-state index is 12.3. The molecule has 1 aliphatic heterocycles. The lowest BCUT2D eigenvalue weighted by molar-refractivity contribution is -0.148. The van der Waals surface area contributed by atoms with E-state index in [4.69, 9.17) is 5.73 Å². The van der Waals surface area contributed by atoms with Crippen LogP contribution in [0.3, 0.4) is 0 Å². The van der Waals surface area contributed by atoms with Crippen LogP contribution in [0.1, 0.15) is 51.4 Å². The van der Waals surface area contributed by atoms with E-state index in [1.165, 1.54) is 11.3 Å². The fraction of sp³-hybridized carbons (Fsp3) is 0.846. The minimum atomic E-state index is -0.468. The third-order valence-corrected chi connectivity index (χ3v) is 3.95. The van der Waals surface area contributed by atoms with Crippen LogP contribution >= 0.6 is 0 Å². The molecular weight excluding hydrogens is 216 g/mol. The van der Waals surface area contributed by atoms with Crippen molar-refractivity contribution in [2.45, 2.75) is 57.4 Å². The zero-order valence-corrected chi connectivity index (χ0v) is 10.4. The van der Waals surface area contributed by atoms with Crippen LogP contribution in [0.25, 0.3) is 0 Å².